The molecule has 0 aliphatic carbocycles. The van der Waals surface area contributed by atoms with E-state index in [4.69, 9.17) is 22.1 Å². The first kappa shape index (κ1) is 22.5. The van der Waals surface area contributed by atoms with Gasteiger partial charge in [0.25, 0.3) is 0 Å². The van der Waals surface area contributed by atoms with E-state index >= 15 is 0 Å². The van der Waals surface area contributed by atoms with E-state index in [1.165, 1.54) is 38.5 Å². The minimum atomic E-state index is -1.40. The molecule has 1 aliphatic heterocycles. The predicted molar refractivity (Wildman–Crippen MR) is 100 cm³/mol. The van der Waals surface area contributed by atoms with Gasteiger partial charge in [-0.3, -0.25) is 0 Å². The summed E-state index contributed by atoms with van der Waals surface area (Å²) in [6.45, 7) is 2.48. The maximum absolute atomic E-state index is 9.93. The lowest BCUT2D eigenvalue weighted by atomic mass is 9.98. The molecule has 1 fully saturated rings. The standard InChI is InChI=1S/C17H34N2O5S/c1-2-3-4-5-6-7-8-9-10-18-17(25)19-16-15(23)14(22)13(21)12(11-20)24-16/h12-16,20-23H,2-11H2,1H3,(H2,18,19,25)/t12-,13-,14+,15-,16?/m1/s1. The molecule has 5 atom stereocenters. The first-order valence-corrected chi connectivity index (χ1v) is 9.77. The van der Waals surface area contributed by atoms with Gasteiger partial charge in [-0.05, 0) is 18.6 Å². The molecule has 1 aliphatic rings. The van der Waals surface area contributed by atoms with E-state index in [0.29, 0.717) is 5.11 Å². The molecule has 1 unspecified atom stereocenters. The predicted octanol–water partition coefficient (Wildman–Crippen LogP) is 0.391. The van der Waals surface area contributed by atoms with E-state index < -0.39 is 37.3 Å². The lowest BCUT2D eigenvalue weighted by Gasteiger charge is -2.40. The number of hydrogen-bond donors (Lipinski definition) is 6. The molecule has 25 heavy (non-hydrogen) atoms. The number of aliphatic hydroxyl groups excluding tert-OH is 4. The number of ether oxygens (including phenoxy) is 1. The molecule has 0 amide bonds. The van der Waals surface area contributed by atoms with Gasteiger partial charge in [-0.2, -0.15) is 0 Å². The van der Waals surface area contributed by atoms with Crippen LogP contribution in [0.3, 0.4) is 0 Å². The van der Waals surface area contributed by atoms with Crippen molar-refractivity contribution in [1.82, 2.24) is 10.6 Å². The lowest BCUT2D eigenvalue weighted by Crippen LogP contribution is -2.64. The smallest absolute Gasteiger partial charge is 0.168 e. The highest BCUT2D eigenvalue weighted by Crippen LogP contribution is 2.19. The normalized spacial score (nSPS) is 29.4. The van der Waals surface area contributed by atoms with Crippen molar-refractivity contribution in [3.05, 3.63) is 0 Å². The molecule has 0 aromatic heterocycles. The summed E-state index contributed by atoms with van der Waals surface area (Å²) in [5.41, 5.74) is 0. The molecule has 1 saturated heterocycles. The van der Waals surface area contributed by atoms with Gasteiger partial charge < -0.3 is 35.8 Å². The van der Waals surface area contributed by atoms with Gasteiger partial charge in [-0.1, -0.05) is 51.9 Å². The fourth-order valence-electron chi connectivity index (χ4n) is 2.86. The van der Waals surface area contributed by atoms with Crippen LogP contribution in [0.25, 0.3) is 0 Å². The first-order chi connectivity index (χ1) is 12.0. The van der Waals surface area contributed by atoms with Gasteiger partial charge in [-0.15, -0.1) is 0 Å². The molecule has 0 radical (unpaired) electrons. The Labute approximate surface area is 155 Å². The number of unbranched alkanes of at least 4 members (excludes halogenated alkanes) is 7. The molecule has 0 aromatic rings. The van der Waals surface area contributed by atoms with Gasteiger partial charge in [0.2, 0.25) is 0 Å². The fraction of sp³-hybridized carbons (Fsp3) is 0.941. The largest absolute Gasteiger partial charge is 0.394 e. The molecule has 148 valence electrons. The number of hydrogen-bond acceptors (Lipinski definition) is 6. The van der Waals surface area contributed by atoms with E-state index in [1.807, 2.05) is 0 Å². The molecule has 0 saturated carbocycles. The van der Waals surface area contributed by atoms with Gasteiger partial charge in [0.15, 0.2) is 11.3 Å². The Morgan fingerprint density at radius 1 is 0.920 bits per heavy atom. The van der Waals surface area contributed by atoms with Gasteiger partial charge in [0.05, 0.1) is 6.61 Å². The van der Waals surface area contributed by atoms with Crippen LogP contribution in [-0.2, 0) is 4.74 Å². The van der Waals surface area contributed by atoms with Gasteiger partial charge >= 0.3 is 0 Å². The zero-order valence-corrected chi connectivity index (χ0v) is 15.9. The van der Waals surface area contributed by atoms with Gasteiger partial charge in [0.1, 0.15) is 24.4 Å². The van der Waals surface area contributed by atoms with Crippen molar-refractivity contribution in [2.45, 2.75) is 88.9 Å². The summed E-state index contributed by atoms with van der Waals surface area (Å²) >= 11 is 5.16. The van der Waals surface area contributed by atoms with Crippen LogP contribution in [0.15, 0.2) is 0 Å². The molecule has 1 rings (SSSR count). The second-order valence-electron chi connectivity index (χ2n) is 6.62. The Kier molecular flexibility index (Phi) is 11.5. The zero-order valence-electron chi connectivity index (χ0n) is 15.1. The number of rotatable bonds is 11. The Morgan fingerprint density at radius 2 is 1.52 bits per heavy atom. The molecular formula is C17H34N2O5S. The maximum Gasteiger partial charge on any atom is 0.168 e. The Bertz CT molecular complexity index is 373. The van der Waals surface area contributed by atoms with Crippen LogP contribution < -0.4 is 10.6 Å². The maximum atomic E-state index is 9.93. The van der Waals surface area contributed by atoms with E-state index in [0.717, 1.165) is 19.4 Å². The highest BCUT2D eigenvalue weighted by molar-refractivity contribution is 7.80. The molecule has 1 heterocycles. The van der Waals surface area contributed by atoms with Crippen LogP contribution in [0.5, 0.6) is 0 Å². The third-order valence-electron chi connectivity index (χ3n) is 4.48. The summed E-state index contributed by atoms with van der Waals surface area (Å²) in [5.74, 6) is 0. The first-order valence-electron chi connectivity index (χ1n) is 9.36. The highest BCUT2D eigenvalue weighted by Gasteiger charge is 2.43. The Hall–Kier alpha value is -0.510. The van der Waals surface area contributed by atoms with Crippen molar-refractivity contribution in [2.24, 2.45) is 0 Å². The van der Waals surface area contributed by atoms with Crippen molar-refractivity contribution in [1.29, 1.82) is 0 Å². The van der Waals surface area contributed by atoms with Gasteiger partial charge in [0, 0.05) is 6.54 Å². The molecular weight excluding hydrogens is 344 g/mol. The third kappa shape index (κ3) is 8.15. The monoisotopic (exact) mass is 378 g/mol. The topological polar surface area (TPSA) is 114 Å². The summed E-state index contributed by atoms with van der Waals surface area (Å²) in [6, 6.07) is 0. The average Bonchev–Trinajstić information content (AvgIpc) is 2.60. The van der Waals surface area contributed by atoms with E-state index in [1.54, 1.807) is 0 Å². The summed E-state index contributed by atoms with van der Waals surface area (Å²) in [5, 5.41) is 44.7. The van der Waals surface area contributed by atoms with Crippen LogP contribution in [0.4, 0.5) is 0 Å². The molecule has 0 aromatic carbocycles. The molecule has 6 N–H and O–H groups in total. The average molecular weight is 379 g/mol. The van der Waals surface area contributed by atoms with Crippen molar-refractivity contribution in [3.63, 3.8) is 0 Å². The van der Waals surface area contributed by atoms with Crippen LogP contribution in [0.1, 0.15) is 58.3 Å². The Balaban J connectivity index is 2.15. The summed E-state index contributed by atoms with van der Waals surface area (Å²) in [6.07, 6.45) is 3.83. The van der Waals surface area contributed by atoms with Crippen LogP contribution in [-0.4, -0.2) is 69.3 Å². The van der Waals surface area contributed by atoms with E-state index in [-0.39, 0.29) is 0 Å². The third-order valence-corrected chi connectivity index (χ3v) is 4.74. The summed E-state index contributed by atoms with van der Waals surface area (Å²) in [4.78, 5) is 0. The van der Waals surface area contributed by atoms with Crippen LogP contribution >= 0.6 is 12.2 Å². The molecule has 7 nitrogen and oxygen atoms in total. The second-order valence-corrected chi connectivity index (χ2v) is 7.03. The van der Waals surface area contributed by atoms with E-state index in [2.05, 4.69) is 17.6 Å². The lowest BCUT2D eigenvalue weighted by molar-refractivity contribution is -0.232. The highest BCUT2D eigenvalue weighted by atomic mass is 32.1. The number of nitrogens with one attached hydrogen (secondary N) is 2. The molecule has 0 spiro atoms. The molecule has 8 heteroatoms. The van der Waals surface area contributed by atoms with Crippen LogP contribution in [0.2, 0.25) is 0 Å². The SMILES string of the molecule is CCCCCCCCCCNC(=S)NC1O[C@H](CO)[C@@H](O)[C@H](O)[C@H]1O. The quantitative estimate of drug-likeness (QED) is 0.226. The summed E-state index contributed by atoms with van der Waals surface area (Å²) in [7, 11) is 0. The second kappa shape index (κ2) is 12.8. The summed E-state index contributed by atoms with van der Waals surface area (Å²) < 4.78 is 5.34. The Morgan fingerprint density at radius 3 is 2.12 bits per heavy atom. The van der Waals surface area contributed by atoms with Crippen molar-refractivity contribution >= 4 is 17.3 Å². The number of aliphatic hydroxyl groups is 4. The van der Waals surface area contributed by atoms with Gasteiger partial charge in [-0.25, -0.2) is 0 Å². The fourth-order valence-corrected chi connectivity index (χ4v) is 3.08. The minimum Gasteiger partial charge on any atom is -0.394 e. The van der Waals surface area contributed by atoms with Crippen molar-refractivity contribution in [3.8, 4) is 0 Å². The van der Waals surface area contributed by atoms with E-state index in [9.17, 15) is 15.3 Å². The number of thiocarbonyl (C=S) groups is 1. The van der Waals surface area contributed by atoms with Crippen LogP contribution in [0, 0.1) is 0 Å². The minimum absolute atomic E-state index is 0.312. The van der Waals surface area contributed by atoms with Crippen molar-refractivity contribution < 1.29 is 25.2 Å². The van der Waals surface area contributed by atoms with Crippen molar-refractivity contribution in [2.75, 3.05) is 13.2 Å². The molecule has 0 bridgehead atoms. The zero-order chi connectivity index (χ0) is 18.7.